The van der Waals surface area contributed by atoms with Crippen LogP contribution in [-0.4, -0.2) is 25.7 Å². The molecule has 0 fully saturated rings. The third kappa shape index (κ3) is 4.23. The highest BCUT2D eigenvalue weighted by atomic mass is 16.7. The highest BCUT2D eigenvalue weighted by Gasteiger charge is 1.93. The summed E-state index contributed by atoms with van der Waals surface area (Å²) in [6.07, 6.45) is 0. The van der Waals surface area contributed by atoms with Gasteiger partial charge >= 0.3 is 0 Å². The highest BCUT2D eigenvalue weighted by Crippen LogP contribution is 2.10. The number of hydrogen-bond donors (Lipinski definition) is 2. The Labute approximate surface area is 83.5 Å². The van der Waals surface area contributed by atoms with Crippen molar-refractivity contribution in [3.63, 3.8) is 0 Å². The summed E-state index contributed by atoms with van der Waals surface area (Å²) in [5.41, 5.74) is 1.01. The van der Waals surface area contributed by atoms with Gasteiger partial charge < -0.3 is 14.6 Å². The van der Waals surface area contributed by atoms with E-state index in [2.05, 4.69) is 5.32 Å². The van der Waals surface area contributed by atoms with Gasteiger partial charge in [-0.15, -0.1) is 0 Å². The van der Waals surface area contributed by atoms with Crippen molar-refractivity contribution in [2.45, 2.75) is 6.61 Å². The Morgan fingerprint density at radius 1 is 1.21 bits per heavy atom. The minimum absolute atomic E-state index is 0.264. The minimum atomic E-state index is 0.264. The summed E-state index contributed by atoms with van der Waals surface area (Å²) in [6, 6.07) is 6.89. The van der Waals surface area contributed by atoms with E-state index in [1.54, 1.807) is 19.2 Å². The molecule has 0 heterocycles. The van der Waals surface area contributed by atoms with Gasteiger partial charge in [0.25, 0.3) is 0 Å². The molecule has 1 aromatic rings. The van der Waals surface area contributed by atoms with Gasteiger partial charge in [-0.3, -0.25) is 5.32 Å². The van der Waals surface area contributed by atoms with Crippen molar-refractivity contribution in [2.24, 2.45) is 0 Å². The zero-order valence-corrected chi connectivity index (χ0v) is 8.19. The normalized spacial score (nSPS) is 10.4. The molecule has 0 radical (unpaired) electrons. The summed E-state index contributed by atoms with van der Waals surface area (Å²) in [4.78, 5) is 0. The lowest BCUT2D eigenvalue weighted by molar-refractivity contribution is -0.0655. The molecule has 1 aromatic carbocycles. The van der Waals surface area contributed by atoms with E-state index in [0.717, 1.165) is 5.56 Å². The molecule has 0 aliphatic heterocycles. The zero-order valence-electron chi connectivity index (χ0n) is 8.19. The molecular formula is C10H15NO3. The van der Waals surface area contributed by atoms with Gasteiger partial charge in [-0.1, -0.05) is 12.1 Å². The number of aromatic hydroxyl groups is 1. The van der Waals surface area contributed by atoms with Crippen molar-refractivity contribution in [3.8, 4) is 5.75 Å². The number of hydrogen-bond acceptors (Lipinski definition) is 4. The first-order valence-electron chi connectivity index (χ1n) is 4.41. The van der Waals surface area contributed by atoms with Crippen LogP contribution in [0.3, 0.4) is 0 Å². The van der Waals surface area contributed by atoms with Crippen molar-refractivity contribution in [1.29, 1.82) is 0 Å². The van der Waals surface area contributed by atoms with Crippen LogP contribution in [0.15, 0.2) is 24.3 Å². The fourth-order valence-corrected chi connectivity index (χ4v) is 0.954. The number of phenols is 1. The quantitative estimate of drug-likeness (QED) is 0.529. The maximum Gasteiger partial charge on any atom is 0.148 e. The first-order chi connectivity index (χ1) is 6.83. The molecule has 0 amide bonds. The van der Waals surface area contributed by atoms with Crippen LogP contribution in [0.1, 0.15) is 5.56 Å². The number of phenolic OH excluding ortho intramolecular Hbond substituents is 1. The Morgan fingerprint density at radius 3 is 2.57 bits per heavy atom. The second kappa shape index (κ2) is 6.37. The molecule has 0 saturated heterocycles. The van der Waals surface area contributed by atoms with E-state index < -0.39 is 0 Å². The monoisotopic (exact) mass is 197 g/mol. The molecule has 2 N–H and O–H groups in total. The smallest absolute Gasteiger partial charge is 0.148 e. The van der Waals surface area contributed by atoms with Crippen LogP contribution in [0.2, 0.25) is 0 Å². The predicted octanol–water partition coefficient (Wildman–Crippen LogP) is 1.06. The summed E-state index contributed by atoms with van der Waals surface area (Å²) in [5, 5.41) is 11.9. The van der Waals surface area contributed by atoms with Gasteiger partial charge in [0.2, 0.25) is 0 Å². The molecule has 0 aliphatic rings. The molecule has 4 heteroatoms. The summed E-state index contributed by atoms with van der Waals surface area (Å²) in [5.74, 6) is 0.264. The fraction of sp³-hybridized carbons (Fsp3) is 0.400. The lowest BCUT2D eigenvalue weighted by atomic mass is 10.2. The standard InChI is InChI=1S/C10H15NO3/c1-11-7-14-8-13-6-9-2-4-10(12)5-3-9/h2-5,11-12H,6-8H2,1H3. The maximum atomic E-state index is 9.02. The predicted molar refractivity (Wildman–Crippen MR) is 52.8 cm³/mol. The zero-order chi connectivity index (χ0) is 10.2. The van der Waals surface area contributed by atoms with E-state index in [9.17, 15) is 0 Å². The third-order valence-electron chi connectivity index (χ3n) is 1.62. The van der Waals surface area contributed by atoms with Crippen LogP contribution in [0.4, 0.5) is 0 Å². The van der Waals surface area contributed by atoms with Gasteiger partial charge in [-0.25, -0.2) is 0 Å². The second-order valence-corrected chi connectivity index (χ2v) is 2.83. The SMILES string of the molecule is CNCOCOCc1ccc(O)cc1. The van der Waals surface area contributed by atoms with E-state index in [0.29, 0.717) is 13.3 Å². The molecule has 4 nitrogen and oxygen atoms in total. The first kappa shape index (κ1) is 11.0. The van der Waals surface area contributed by atoms with Crippen molar-refractivity contribution in [3.05, 3.63) is 29.8 Å². The maximum absolute atomic E-state index is 9.02. The number of ether oxygens (including phenoxy) is 2. The summed E-state index contributed by atoms with van der Waals surface area (Å²) < 4.78 is 10.3. The molecule has 0 aliphatic carbocycles. The van der Waals surface area contributed by atoms with Crippen molar-refractivity contribution >= 4 is 0 Å². The number of rotatable bonds is 6. The van der Waals surface area contributed by atoms with Gasteiger partial charge in [0.05, 0.1) is 13.3 Å². The fourth-order valence-electron chi connectivity index (χ4n) is 0.954. The lowest BCUT2D eigenvalue weighted by Crippen LogP contribution is -2.13. The molecule has 0 saturated carbocycles. The Kier molecular flexibility index (Phi) is 4.99. The highest BCUT2D eigenvalue weighted by molar-refractivity contribution is 5.25. The minimum Gasteiger partial charge on any atom is -0.508 e. The van der Waals surface area contributed by atoms with E-state index in [4.69, 9.17) is 14.6 Å². The summed E-state index contributed by atoms with van der Waals surface area (Å²) in [6.45, 7) is 1.24. The van der Waals surface area contributed by atoms with Crippen LogP contribution in [-0.2, 0) is 16.1 Å². The van der Waals surface area contributed by atoms with Gasteiger partial charge in [0, 0.05) is 0 Å². The van der Waals surface area contributed by atoms with Gasteiger partial charge in [0.1, 0.15) is 12.5 Å². The first-order valence-corrected chi connectivity index (χ1v) is 4.41. The molecule has 14 heavy (non-hydrogen) atoms. The average molecular weight is 197 g/mol. The van der Waals surface area contributed by atoms with Crippen LogP contribution in [0, 0.1) is 0 Å². The summed E-state index contributed by atoms with van der Waals surface area (Å²) in [7, 11) is 1.81. The van der Waals surface area contributed by atoms with E-state index in [-0.39, 0.29) is 12.5 Å². The van der Waals surface area contributed by atoms with E-state index in [1.807, 2.05) is 12.1 Å². The Hall–Kier alpha value is -1.10. The van der Waals surface area contributed by atoms with Crippen LogP contribution >= 0.6 is 0 Å². The Bertz CT molecular complexity index is 248. The molecule has 0 bridgehead atoms. The molecular weight excluding hydrogens is 182 g/mol. The topological polar surface area (TPSA) is 50.7 Å². The van der Waals surface area contributed by atoms with Gasteiger partial charge in [-0.05, 0) is 24.7 Å². The Balaban J connectivity index is 2.15. The second-order valence-electron chi connectivity index (χ2n) is 2.83. The van der Waals surface area contributed by atoms with Crippen LogP contribution in [0.5, 0.6) is 5.75 Å². The molecule has 0 atom stereocenters. The molecule has 0 spiro atoms. The third-order valence-corrected chi connectivity index (χ3v) is 1.62. The van der Waals surface area contributed by atoms with Crippen molar-refractivity contribution < 1.29 is 14.6 Å². The molecule has 0 unspecified atom stereocenters. The van der Waals surface area contributed by atoms with Crippen molar-refractivity contribution in [2.75, 3.05) is 20.6 Å². The largest absolute Gasteiger partial charge is 0.508 e. The van der Waals surface area contributed by atoms with Crippen LogP contribution in [0.25, 0.3) is 0 Å². The van der Waals surface area contributed by atoms with Crippen molar-refractivity contribution in [1.82, 2.24) is 5.32 Å². The van der Waals surface area contributed by atoms with Gasteiger partial charge in [-0.2, -0.15) is 0 Å². The number of benzene rings is 1. The van der Waals surface area contributed by atoms with E-state index in [1.165, 1.54) is 0 Å². The number of nitrogens with one attached hydrogen (secondary N) is 1. The summed E-state index contributed by atoms with van der Waals surface area (Å²) >= 11 is 0. The average Bonchev–Trinajstić information content (AvgIpc) is 2.21. The van der Waals surface area contributed by atoms with Crippen LogP contribution < -0.4 is 5.32 Å². The Morgan fingerprint density at radius 2 is 1.93 bits per heavy atom. The van der Waals surface area contributed by atoms with E-state index >= 15 is 0 Å². The molecule has 0 aromatic heterocycles. The lowest BCUT2D eigenvalue weighted by Gasteiger charge is -2.05. The molecule has 1 rings (SSSR count). The molecule has 78 valence electrons. The van der Waals surface area contributed by atoms with Gasteiger partial charge in [0.15, 0.2) is 0 Å².